The van der Waals surface area contributed by atoms with E-state index >= 15 is 0 Å². The molecule has 3 atom stereocenters. The normalized spacial score (nSPS) is 26.2. The fourth-order valence-electron chi connectivity index (χ4n) is 4.66. The zero-order valence-electron chi connectivity index (χ0n) is 15.8. The lowest BCUT2D eigenvalue weighted by Gasteiger charge is -2.30. The van der Waals surface area contributed by atoms with E-state index in [-0.39, 0.29) is 10.8 Å². The molecule has 2 aromatic rings. The van der Waals surface area contributed by atoms with Crippen LogP contribution in [0.3, 0.4) is 0 Å². The summed E-state index contributed by atoms with van der Waals surface area (Å²) in [6.07, 6.45) is 0. The highest BCUT2D eigenvalue weighted by Crippen LogP contribution is 2.52. The number of rotatable bonds is 4. The molecule has 1 amide bonds. The van der Waals surface area contributed by atoms with Crippen molar-refractivity contribution in [3.05, 3.63) is 63.7 Å². The molecule has 2 aromatic carbocycles. The molecular formula is C20H21N3O5. The van der Waals surface area contributed by atoms with Gasteiger partial charge in [0.1, 0.15) is 0 Å². The molecule has 146 valence electrons. The summed E-state index contributed by atoms with van der Waals surface area (Å²) in [5, 5.41) is 15.1. The standard InChI is InChI=1S/C20H21N3O5/c1-22-11-13(12-8-9-16(27-2)17(10-12)28-3)18(23(25)26)20(22)14-6-4-5-7-15(14)21-19(20)24/h4-10,13,18H,11H2,1-3H3,(H,21,24)/t13-,18-,20-/m0/s1. The maximum absolute atomic E-state index is 13.1. The SMILES string of the molecule is COc1ccc([C@@H]2CN(C)[C@]3(C(=O)Nc4ccccc43)[C@H]2[N+](=O)[O-])cc1OC. The average Bonchev–Trinajstić information content (AvgIpc) is 3.17. The highest BCUT2D eigenvalue weighted by atomic mass is 16.6. The van der Waals surface area contributed by atoms with Crippen molar-refractivity contribution < 1.29 is 19.2 Å². The molecule has 2 aliphatic heterocycles. The Hall–Kier alpha value is -3.13. The van der Waals surface area contributed by atoms with E-state index in [0.717, 1.165) is 5.56 Å². The number of anilines is 1. The van der Waals surface area contributed by atoms with Gasteiger partial charge in [0, 0.05) is 22.7 Å². The molecule has 0 radical (unpaired) electrons. The van der Waals surface area contributed by atoms with Crippen molar-refractivity contribution in [3.8, 4) is 11.5 Å². The van der Waals surface area contributed by atoms with Crippen LogP contribution in [0.2, 0.25) is 0 Å². The fraction of sp³-hybridized carbons (Fsp3) is 0.350. The Kier molecular flexibility index (Phi) is 4.23. The van der Waals surface area contributed by atoms with Crippen LogP contribution in [0.25, 0.3) is 0 Å². The molecule has 1 saturated heterocycles. The van der Waals surface area contributed by atoms with E-state index in [0.29, 0.717) is 29.3 Å². The van der Waals surface area contributed by atoms with E-state index in [2.05, 4.69) is 5.32 Å². The first-order chi connectivity index (χ1) is 13.4. The molecule has 2 aliphatic rings. The number of nitrogens with zero attached hydrogens (tertiary/aromatic N) is 2. The van der Waals surface area contributed by atoms with Gasteiger partial charge in [0.2, 0.25) is 0 Å². The Balaban J connectivity index is 1.87. The van der Waals surface area contributed by atoms with Crippen molar-refractivity contribution in [2.75, 3.05) is 33.1 Å². The van der Waals surface area contributed by atoms with Gasteiger partial charge in [0.05, 0.1) is 20.1 Å². The number of fused-ring (bicyclic) bond motifs is 2. The maximum atomic E-state index is 13.1. The number of nitrogens with one attached hydrogen (secondary N) is 1. The van der Waals surface area contributed by atoms with Crippen LogP contribution < -0.4 is 14.8 Å². The van der Waals surface area contributed by atoms with Crippen LogP contribution in [0.4, 0.5) is 5.69 Å². The third-order valence-electron chi connectivity index (χ3n) is 5.88. The van der Waals surface area contributed by atoms with Crippen LogP contribution in [0.15, 0.2) is 42.5 Å². The molecule has 1 N–H and O–H groups in total. The number of likely N-dealkylation sites (N-methyl/N-ethyl adjacent to an activating group) is 1. The summed E-state index contributed by atoms with van der Waals surface area (Å²) in [4.78, 5) is 26.8. The number of likely N-dealkylation sites (tertiary alicyclic amines) is 1. The van der Waals surface area contributed by atoms with E-state index in [9.17, 15) is 14.9 Å². The number of ether oxygens (including phenoxy) is 2. The Labute approximate surface area is 162 Å². The molecule has 1 spiro atoms. The summed E-state index contributed by atoms with van der Waals surface area (Å²) >= 11 is 0. The van der Waals surface area contributed by atoms with Gasteiger partial charge >= 0.3 is 0 Å². The summed E-state index contributed by atoms with van der Waals surface area (Å²) < 4.78 is 10.6. The second kappa shape index (κ2) is 6.49. The van der Waals surface area contributed by atoms with Gasteiger partial charge in [-0.3, -0.25) is 19.8 Å². The molecular weight excluding hydrogens is 362 g/mol. The number of hydrogen-bond donors (Lipinski definition) is 1. The summed E-state index contributed by atoms with van der Waals surface area (Å²) in [6.45, 7) is 0.364. The smallest absolute Gasteiger partial charge is 0.256 e. The molecule has 0 aliphatic carbocycles. The molecule has 0 aromatic heterocycles. The van der Waals surface area contributed by atoms with E-state index in [1.807, 2.05) is 0 Å². The number of carbonyl (C=O) groups is 1. The number of amides is 1. The number of hydrogen-bond acceptors (Lipinski definition) is 6. The number of nitro groups is 1. The predicted molar refractivity (Wildman–Crippen MR) is 102 cm³/mol. The fourth-order valence-corrected chi connectivity index (χ4v) is 4.66. The molecule has 8 nitrogen and oxygen atoms in total. The number of carbonyl (C=O) groups excluding carboxylic acids is 1. The molecule has 0 bridgehead atoms. The monoisotopic (exact) mass is 383 g/mol. The van der Waals surface area contributed by atoms with Crippen molar-refractivity contribution in [1.29, 1.82) is 0 Å². The van der Waals surface area contributed by atoms with Gasteiger partial charge in [-0.1, -0.05) is 24.3 Å². The van der Waals surface area contributed by atoms with Gasteiger partial charge in [0.25, 0.3) is 11.9 Å². The highest BCUT2D eigenvalue weighted by Gasteiger charge is 2.68. The lowest BCUT2D eigenvalue weighted by molar-refractivity contribution is -0.534. The van der Waals surface area contributed by atoms with E-state index in [4.69, 9.17) is 9.47 Å². The first-order valence-corrected chi connectivity index (χ1v) is 8.92. The van der Waals surface area contributed by atoms with Crippen LogP contribution in [-0.2, 0) is 10.3 Å². The van der Waals surface area contributed by atoms with E-state index in [1.54, 1.807) is 54.4 Å². The summed E-state index contributed by atoms with van der Waals surface area (Å²) in [5.41, 5.74) is 0.657. The van der Waals surface area contributed by atoms with Crippen molar-refractivity contribution in [3.63, 3.8) is 0 Å². The van der Waals surface area contributed by atoms with Crippen LogP contribution >= 0.6 is 0 Å². The third-order valence-corrected chi connectivity index (χ3v) is 5.88. The van der Waals surface area contributed by atoms with Gasteiger partial charge in [-0.05, 0) is 30.8 Å². The Morgan fingerprint density at radius 2 is 1.89 bits per heavy atom. The van der Waals surface area contributed by atoms with Gasteiger partial charge in [-0.15, -0.1) is 0 Å². The van der Waals surface area contributed by atoms with Crippen molar-refractivity contribution in [2.45, 2.75) is 17.5 Å². The lowest BCUT2D eigenvalue weighted by Crippen LogP contribution is -2.54. The first kappa shape index (κ1) is 18.2. The quantitative estimate of drug-likeness (QED) is 0.643. The van der Waals surface area contributed by atoms with Crippen LogP contribution in [0, 0.1) is 10.1 Å². The summed E-state index contributed by atoms with van der Waals surface area (Å²) in [5.74, 6) is 0.202. The topological polar surface area (TPSA) is 93.9 Å². The summed E-state index contributed by atoms with van der Waals surface area (Å²) in [7, 11) is 4.82. The average molecular weight is 383 g/mol. The molecule has 0 saturated carbocycles. The number of methoxy groups -OCH3 is 2. The van der Waals surface area contributed by atoms with Gasteiger partial charge in [0.15, 0.2) is 17.0 Å². The number of para-hydroxylation sites is 1. The zero-order chi connectivity index (χ0) is 20.1. The van der Waals surface area contributed by atoms with Crippen molar-refractivity contribution >= 4 is 11.6 Å². The largest absolute Gasteiger partial charge is 0.493 e. The van der Waals surface area contributed by atoms with E-state index < -0.39 is 17.5 Å². The Morgan fingerprint density at radius 3 is 2.57 bits per heavy atom. The molecule has 1 fully saturated rings. The summed E-state index contributed by atoms with van der Waals surface area (Å²) in [6, 6.07) is 11.3. The molecule has 8 heteroatoms. The van der Waals surface area contributed by atoms with Crippen LogP contribution in [0.5, 0.6) is 11.5 Å². The third kappa shape index (κ3) is 2.31. The van der Waals surface area contributed by atoms with Gasteiger partial charge in [-0.25, -0.2) is 0 Å². The zero-order valence-corrected chi connectivity index (χ0v) is 15.8. The Bertz CT molecular complexity index is 963. The van der Waals surface area contributed by atoms with Gasteiger partial charge < -0.3 is 14.8 Å². The molecule has 4 rings (SSSR count). The molecule has 0 unspecified atom stereocenters. The second-order valence-corrected chi connectivity index (χ2v) is 7.10. The van der Waals surface area contributed by atoms with Gasteiger partial charge in [-0.2, -0.15) is 0 Å². The minimum atomic E-state index is -1.35. The van der Waals surface area contributed by atoms with Crippen molar-refractivity contribution in [2.24, 2.45) is 0 Å². The molecule has 2 heterocycles. The second-order valence-electron chi connectivity index (χ2n) is 7.10. The highest BCUT2D eigenvalue weighted by molar-refractivity contribution is 6.06. The first-order valence-electron chi connectivity index (χ1n) is 8.92. The maximum Gasteiger partial charge on any atom is 0.256 e. The Morgan fingerprint density at radius 1 is 1.18 bits per heavy atom. The van der Waals surface area contributed by atoms with Crippen molar-refractivity contribution in [1.82, 2.24) is 4.90 Å². The minimum Gasteiger partial charge on any atom is -0.493 e. The molecule has 28 heavy (non-hydrogen) atoms. The van der Waals surface area contributed by atoms with Crippen LogP contribution in [0.1, 0.15) is 17.0 Å². The number of benzene rings is 2. The van der Waals surface area contributed by atoms with E-state index in [1.165, 1.54) is 14.2 Å². The predicted octanol–water partition coefficient (Wildman–Crippen LogP) is 2.23. The van der Waals surface area contributed by atoms with Crippen LogP contribution in [-0.4, -0.2) is 49.6 Å². The lowest BCUT2D eigenvalue weighted by atomic mass is 9.79. The minimum absolute atomic E-state index is 0.327.